The molecule has 2 heterocycles. The maximum absolute atomic E-state index is 12.8. The Hall–Kier alpha value is -3.15. The average molecular weight is 440 g/mol. The van der Waals surface area contributed by atoms with Crippen molar-refractivity contribution in [3.8, 4) is 11.1 Å². The molecule has 0 aromatic heterocycles. The maximum atomic E-state index is 12.8. The number of carbonyl (C=O) groups excluding carboxylic acids is 1. The van der Waals surface area contributed by atoms with E-state index in [1.54, 1.807) is 0 Å². The predicted molar refractivity (Wildman–Crippen MR) is 129 cm³/mol. The number of carbonyl (C=O) groups is 1. The van der Waals surface area contributed by atoms with E-state index in [2.05, 4.69) is 76.9 Å². The highest BCUT2D eigenvalue weighted by molar-refractivity contribution is 5.79. The van der Waals surface area contributed by atoms with E-state index in [1.807, 2.05) is 4.90 Å². The lowest BCUT2D eigenvalue weighted by atomic mass is 9.98. The van der Waals surface area contributed by atoms with E-state index in [-0.39, 0.29) is 12.0 Å². The minimum absolute atomic E-state index is 0.108. The van der Waals surface area contributed by atoms with E-state index in [1.165, 1.54) is 38.9 Å². The second kappa shape index (κ2) is 8.65. The predicted octanol–water partition coefficient (Wildman–Crippen LogP) is 4.36. The first kappa shape index (κ1) is 20.5. The molecule has 3 aromatic rings. The van der Waals surface area contributed by atoms with Crippen LogP contribution in [0.15, 0.2) is 66.7 Å². The number of fused-ring (bicyclic) bond motifs is 4. The molecule has 3 aromatic carbocycles. The first-order valence-electron chi connectivity index (χ1n) is 11.9. The van der Waals surface area contributed by atoms with Crippen LogP contribution in [-0.4, -0.2) is 48.7 Å². The number of benzene rings is 3. The summed E-state index contributed by atoms with van der Waals surface area (Å²) in [7, 11) is 0. The van der Waals surface area contributed by atoms with E-state index >= 15 is 0 Å². The molecule has 2 aliphatic heterocycles. The van der Waals surface area contributed by atoms with Crippen LogP contribution in [0.2, 0.25) is 0 Å². The van der Waals surface area contributed by atoms with Gasteiger partial charge in [-0.25, -0.2) is 4.79 Å². The summed E-state index contributed by atoms with van der Waals surface area (Å²) in [6.07, 6.45) is -0.194. The lowest BCUT2D eigenvalue weighted by Gasteiger charge is -2.34. The lowest BCUT2D eigenvalue weighted by molar-refractivity contribution is 0.0728. The van der Waals surface area contributed by atoms with Crippen molar-refractivity contribution < 1.29 is 9.53 Å². The van der Waals surface area contributed by atoms with Crippen molar-refractivity contribution in [2.24, 2.45) is 0 Å². The van der Waals surface area contributed by atoms with Crippen molar-refractivity contribution >= 4 is 6.09 Å². The summed E-state index contributed by atoms with van der Waals surface area (Å²) in [4.78, 5) is 17.1. The molecule has 168 valence electrons. The van der Waals surface area contributed by atoms with Crippen LogP contribution in [-0.2, 0) is 24.4 Å². The largest absolute Gasteiger partial charge is 0.448 e. The third-order valence-corrected chi connectivity index (χ3v) is 7.27. The maximum Gasteiger partial charge on any atom is 0.409 e. The van der Waals surface area contributed by atoms with E-state index in [4.69, 9.17) is 4.74 Å². The lowest BCUT2D eigenvalue weighted by Crippen LogP contribution is -2.48. The smallest absolute Gasteiger partial charge is 0.409 e. The molecule has 33 heavy (non-hydrogen) atoms. The van der Waals surface area contributed by atoms with Crippen molar-refractivity contribution in [2.45, 2.75) is 25.6 Å². The van der Waals surface area contributed by atoms with Crippen LogP contribution in [0.5, 0.6) is 0 Å². The van der Waals surface area contributed by atoms with Gasteiger partial charge in [-0.2, -0.15) is 0 Å². The van der Waals surface area contributed by atoms with Crippen LogP contribution in [0.25, 0.3) is 11.1 Å². The minimum atomic E-state index is -0.194. The summed E-state index contributed by atoms with van der Waals surface area (Å²) in [5.74, 6) is 0.108. The molecule has 1 fully saturated rings. The summed E-state index contributed by atoms with van der Waals surface area (Å²) in [6, 6.07) is 23.7. The zero-order valence-corrected chi connectivity index (χ0v) is 18.8. The molecule has 5 nitrogen and oxygen atoms in total. The van der Waals surface area contributed by atoms with Gasteiger partial charge in [-0.15, -0.1) is 0 Å². The first-order chi connectivity index (χ1) is 16.3. The minimum Gasteiger partial charge on any atom is -0.448 e. The second-order valence-corrected chi connectivity index (χ2v) is 9.27. The van der Waals surface area contributed by atoms with E-state index in [0.717, 1.165) is 32.7 Å². The number of nitrogens with one attached hydrogen (secondary N) is 1. The third-order valence-electron chi connectivity index (χ3n) is 7.27. The van der Waals surface area contributed by atoms with Crippen molar-refractivity contribution in [3.05, 3.63) is 94.5 Å². The number of piperazine rings is 1. The van der Waals surface area contributed by atoms with Crippen LogP contribution in [0.3, 0.4) is 0 Å². The van der Waals surface area contributed by atoms with Crippen molar-refractivity contribution in [2.75, 3.05) is 32.8 Å². The zero-order valence-electron chi connectivity index (χ0n) is 18.8. The quantitative estimate of drug-likeness (QED) is 0.656. The number of hydrogen-bond donors (Lipinski definition) is 1. The molecule has 0 unspecified atom stereocenters. The van der Waals surface area contributed by atoms with Gasteiger partial charge in [0, 0.05) is 51.7 Å². The molecule has 1 N–H and O–H groups in total. The Morgan fingerprint density at radius 2 is 1.52 bits per heavy atom. The molecule has 1 aliphatic carbocycles. The van der Waals surface area contributed by atoms with Gasteiger partial charge in [-0.1, -0.05) is 66.7 Å². The molecule has 1 amide bonds. The standard InChI is InChI=1S/C28H29N3O2/c32-28(33-19-27-25-7-3-1-5-23(25)24-6-2-4-8-26(24)27)31-13-11-30(12-14-31)18-20-9-10-21-16-29-17-22(21)15-20/h1-10,15,27,29H,11-14,16-19H2. The zero-order chi connectivity index (χ0) is 22.2. The molecule has 0 bridgehead atoms. The van der Waals surface area contributed by atoms with Crippen molar-refractivity contribution in [1.82, 2.24) is 15.1 Å². The van der Waals surface area contributed by atoms with Crippen LogP contribution in [0, 0.1) is 0 Å². The number of ether oxygens (including phenoxy) is 1. The molecule has 0 radical (unpaired) electrons. The van der Waals surface area contributed by atoms with Crippen molar-refractivity contribution in [3.63, 3.8) is 0 Å². The first-order valence-corrected chi connectivity index (χ1v) is 11.9. The summed E-state index contributed by atoms with van der Waals surface area (Å²) in [6.45, 7) is 6.45. The Bertz CT molecular complexity index is 1140. The van der Waals surface area contributed by atoms with Crippen LogP contribution < -0.4 is 5.32 Å². The Morgan fingerprint density at radius 3 is 2.24 bits per heavy atom. The van der Waals surface area contributed by atoms with Gasteiger partial charge < -0.3 is 15.0 Å². The molecule has 1 saturated heterocycles. The fourth-order valence-corrected chi connectivity index (χ4v) is 5.48. The normalized spacial score (nSPS) is 17.5. The molecular formula is C28H29N3O2. The van der Waals surface area contributed by atoms with Crippen LogP contribution in [0.4, 0.5) is 4.79 Å². The summed E-state index contributed by atoms with van der Waals surface area (Å²) in [5.41, 5.74) is 9.20. The van der Waals surface area contributed by atoms with Gasteiger partial charge in [0.1, 0.15) is 6.61 Å². The van der Waals surface area contributed by atoms with Crippen molar-refractivity contribution in [1.29, 1.82) is 0 Å². The number of hydrogen-bond acceptors (Lipinski definition) is 4. The highest BCUT2D eigenvalue weighted by Gasteiger charge is 2.30. The Labute approximate surface area is 195 Å². The Balaban J connectivity index is 1.04. The summed E-state index contributed by atoms with van der Waals surface area (Å²) >= 11 is 0. The average Bonchev–Trinajstić information content (AvgIpc) is 3.45. The number of rotatable bonds is 4. The van der Waals surface area contributed by atoms with Gasteiger partial charge in [0.15, 0.2) is 0 Å². The van der Waals surface area contributed by atoms with Gasteiger partial charge in [0.25, 0.3) is 0 Å². The molecular weight excluding hydrogens is 410 g/mol. The SMILES string of the molecule is O=C(OCC1c2ccccc2-c2ccccc21)N1CCN(Cc2ccc3c(c2)CNC3)CC1. The third kappa shape index (κ3) is 3.92. The fraction of sp³-hybridized carbons (Fsp3) is 0.321. The van der Waals surface area contributed by atoms with Gasteiger partial charge in [-0.3, -0.25) is 4.90 Å². The van der Waals surface area contributed by atoms with Gasteiger partial charge in [-0.05, 0) is 38.9 Å². The Morgan fingerprint density at radius 1 is 0.848 bits per heavy atom. The number of amides is 1. The molecule has 3 aliphatic rings. The topological polar surface area (TPSA) is 44.8 Å². The Kier molecular flexibility index (Phi) is 5.36. The highest BCUT2D eigenvalue weighted by Crippen LogP contribution is 2.44. The number of nitrogens with zero attached hydrogens (tertiary/aromatic N) is 2. The van der Waals surface area contributed by atoms with Gasteiger partial charge in [0.2, 0.25) is 0 Å². The summed E-state index contributed by atoms with van der Waals surface area (Å²) in [5, 5.41) is 3.41. The molecule has 0 saturated carbocycles. The molecule has 6 rings (SSSR count). The molecule has 5 heteroatoms. The highest BCUT2D eigenvalue weighted by atomic mass is 16.6. The van der Waals surface area contributed by atoms with Gasteiger partial charge >= 0.3 is 6.09 Å². The van der Waals surface area contributed by atoms with E-state index in [0.29, 0.717) is 19.7 Å². The fourth-order valence-electron chi connectivity index (χ4n) is 5.48. The van der Waals surface area contributed by atoms with E-state index < -0.39 is 0 Å². The van der Waals surface area contributed by atoms with Crippen LogP contribution >= 0.6 is 0 Å². The molecule has 0 spiro atoms. The summed E-state index contributed by atoms with van der Waals surface area (Å²) < 4.78 is 5.84. The molecule has 0 atom stereocenters. The van der Waals surface area contributed by atoms with Gasteiger partial charge in [0.05, 0.1) is 0 Å². The monoisotopic (exact) mass is 439 g/mol. The van der Waals surface area contributed by atoms with E-state index in [9.17, 15) is 4.79 Å². The van der Waals surface area contributed by atoms with Crippen LogP contribution in [0.1, 0.15) is 33.7 Å². The second-order valence-electron chi connectivity index (χ2n) is 9.27.